The maximum absolute atomic E-state index is 4.82. The number of thioether (sulfide) groups is 1. The quantitative estimate of drug-likeness (QED) is 0.370. The van der Waals surface area contributed by atoms with E-state index in [4.69, 9.17) is 4.98 Å². The minimum atomic E-state index is 0.666. The van der Waals surface area contributed by atoms with Gasteiger partial charge in [0.1, 0.15) is 0 Å². The van der Waals surface area contributed by atoms with E-state index < -0.39 is 0 Å². The van der Waals surface area contributed by atoms with Gasteiger partial charge in [0.25, 0.3) is 0 Å². The molecule has 1 aromatic rings. The summed E-state index contributed by atoms with van der Waals surface area (Å²) < 4.78 is 0. The van der Waals surface area contributed by atoms with Crippen molar-refractivity contribution in [2.45, 2.75) is 96.4 Å². The molecule has 0 bridgehead atoms. The van der Waals surface area contributed by atoms with E-state index >= 15 is 0 Å². The van der Waals surface area contributed by atoms with Crippen LogP contribution in [0.3, 0.4) is 0 Å². The molecule has 1 fully saturated rings. The average Bonchev–Trinajstić information content (AvgIpc) is 2.50. The minimum absolute atomic E-state index is 0.666. The van der Waals surface area contributed by atoms with Crippen LogP contribution in [-0.2, 0) is 6.54 Å². The van der Waals surface area contributed by atoms with Crippen LogP contribution in [0, 0.1) is 6.92 Å². The van der Waals surface area contributed by atoms with Crippen LogP contribution < -0.4 is 0 Å². The van der Waals surface area contributed by atoms with Crippen LogP contribution in [0.2, 0.25) is 0 Å². The Morgan fingerprint density at radius 2 is 1.87 bits per heavy atom. The van der Waals surface area contributed by atoms with Crippen molar-refractivity contribution in [2.75, 3.05) is 5.75 Å². The predicted octanol–water partition coefficient (Wildman–Crippen LogP) is 5.22. The Balaban J connectivity index is 1.93. The number of piperidine rings is 1. The zero-order valence-corrected chi connectivity index (χ0v) is 16.2. The van der Waals surface area contributed by atoms with Gasteiger partial charge in [0.05, 0.1) is 5.69 Å². The summed E-state index contributed by atoms with van der Waals surface area (Å²) in [6, 6.07) is 3.49. The third-order valence-electron chi connectivity index (χ3n) is 4.84. The van der Waals surface area contributed by atoms with Crippen LogP contribution >= 0.6 is 11.8 Å². The van der Waals surface area contributed by atoms with E-state index in [2.05, 4.69) is 43.6 Å². The third-order valence-corrected chi connectivity index (χ3v) is 5.77. The van der Waals surface area contributed by atoms with Crippen LogP contribution in [-0.4, -0.2) is 32.7 Å². The maximum atomic E-state index is 4.82. The molecule has 2 unspecified atom stereocenters. The van der Waals surface area contributed by atoms with E-state index in [9.17, 15) is 0 Å². The fraction of sp³-hybridized carbons (Fsp3) is 0.789. The Bertz CT molecular complexity index is 468. The van der Waals surface area contributed by atoms with Crippen molar-refractivity contribution in [3.63, 3.8) is 0 Å². The molecule has 130 valence electrons. The molecule has 0 amide bonds. The average molecular weight is 336 g/mol. The van der Waals surface area contributed by atoms with Crippen LogP contribution in [0.15, 0.2) is 11.2 Å². The topological polar surface area (TPSA) is 29.0 Å². The van der Waals surface area contributed by atoms with Gasteiger partial charge >= 0.3 is 0 Å². The highest BCUT2D eigenvalue weighted by atomic mass is 32.2. The molecule has 0 aliphatic carbocycles. The van der Waals surface area contributed by atoms with Crippen molar-refractivity contribution < 1.29 is 0 Å². The number of aryl methyl sites for hydroxylation is 1. The number of hydrogen-bond donors (Lipinski definition) is 0. The molecule has 1 aromatic heterocycles. The van der Waals surface area contributed by atoms with E-state index in [1.54, 1.807) is 0 Å². The Morgan fingerprint density at radius 1 is 1.13 bits per heavy atom. The highest BCUT2D eigenvalue weighted by Crippen LogP contribution is 2.25. The summed E-state index contributed by atoms with van der Waals surface area (Å²) in [6.07, 6.45) is 9.21. The molecule has 2 rings (SSSR count). The van der Waals surface area contributed by atoms with E-state index in [0.29, 0.717) is 12.1 Å². The highest BCUT2D eigenvalue weighted by Gasteiger charge is 2.25. The largest absolute Gasteiger partial charge is 0.292 e. The molecule has 4 heteroatoms. The first-order valence-electron chi connectivity index (χ1n) is 9.33. The first kappa shape index (κ1) is 18.7. The second-order valence-electron chi connectivity index (χ2n) is 6.99. The Hall–Kier alpha value is -0.610. The standard InChI is InChI=1S/C19H33N3S/c1-5-6-7-8-12-23-19-20-15(2)13-18(21-19)14-22-16(3)10-9-11-17(22)4/h13,16-17H,5-12,14H2,1-4H3. The number of nitrogens with zero attached hydrogens (tertiary/aromatic N) is 3. The van der Waals surface area contributed by atoms with Crippen molar-refractivity contribution in [1.82, 2.24) is 14.9 Å². The van der Waals surface area contributed by atoms with Gasteiger partial charge in [0.2, 0.25) is 0 Å². The number of rotatable bonds is 8. The van der Waals surface area contributed by atoms with Gasteiger partial charge in [-0.25, -0.2) is 9.97 Å². The van der Waals surface area contributed by atoms with Gasteiger partial charge in [0.15, 0.2) is 5.16 Å². The van der Waals surface area contributed by atoms with Crippen LogP contribution in [0.25, 0.3) is 0 Å². The predicted molar refractivity (Wildman–Crippen MR) is 100.0 cm³/mol. The normalized spacial score (nSPS) is 22.4. The lowest BCUT2D eigenvalue weighted by Crippen LogP contribution is -2.43. The van der Waals surface area contributed by atoms with E-state index in [0.717, 1.165) is 23.1 Å². The molecule has 0 N–H and O–H groups in total. The maximum Gasteiger partial charge on any atom is 0.188 e. The number of aromatic nitrogens is 2. The lowest BCUT2D eigenvalue weighted by atomic mass is 9.97. The summed E-state index contributed by atoms with van der Waals surface area (Å²) in [5.41, 5.74) is 2.29. The van der Waals surface area contributed by atoms with Crippen molar-refractivity contribution in [1.29, 1.82) is 0 Å². The lowest BCUT2D eigenvalue weighted by Gasteiger charge is -2.38. The first-order valence-corrected chi connectivity index (χ1v) is 10.3. The van der Waals surface area contributed by atoms with Crippen LogP contribution in [0.5, 0.6) is 0 Å². The van der Waals surface area contributed by atoms with Crippen LogP contribution in [0.4, 0.5) is 0 Å². The van der Waals surface area contributed by atoms with Gasteiger partial charge in [0, 0.05) is 30.1 Å². The second kappa shape index (κ2) is 9.63. The molecule has 2 atom stereocenters. The number of unbranched alkanes of at least 4 members (excludes halogenated alkanes) is 3. The third kappa shape index (κ3) is 6.07. The smallest absolute Gasteiger partial charge is 0.188 e. The molecule has 23 heavy (non-hydrogen) atoms. The summed E-state index contributed by atoms with van der Waals surface area (Å²) in [5.74, 6) is 1.14. The van der Waals surface area contributed by atoms with Gasteiger partial charge in [-0.3, -0.25) is 4.90 Å². The van der Waals surface area contributed by atoms with E-state index in [-0.39, 0.29) is 0 Å². The van der Waals surface area contributed by atoms with Gasteiger partial charge in [-0.2, -0.15) is 0 Å². The Kier molecular flexibility index (Phi) is 7.84. The number of hydrogen-bond acceptors (Lipinski definition) is 4. The SMILES string of the molecule is CCCCCCSc1nc(C)cc(CN2C(C)CCCC2C)n1. The molecule has 1 aliphatic rings. The Labute approximate surface area is 146 Å². The number of likely N-dealkylation sites (tertiary alicyclic amines) is 1. The summed E-state index contributed by atoms with van der Waals surface area (Å²) in [6.45, 7) is 10.0. The zero-order chi connectivity index (χ0) is 16.7. The summed E-state index contributed by atoms with van der Waals surface area (Å²) in [4.78, 5) is 12.1. The highest BCUT2D eigenvalue weighted by molar-refractivity contribution is 7.99. The van der Waals surface area contributed by atoms with Gasteiger partial charge in [-0.15, -0.1) is 0 Å². The molecule has 0 saturated carbocycles. The lowest BCUT2D eigenvalue weighted by molar-refractivity contribution is 0.0935. The first-order chi connectivity index (χ1) is 11.1. The summed E-state index contributed by atoms with van der Waals surface area (Å²) in [5, 5.41) is 0.966. The fourth-order valence-electron chi connectivity index (χ4n) is 3.42. The molecular formula is C19H33N3S. The van der Waals surface area contributed by atoms with E-state index in [1.165, 1.54) is 50.6 Å². The zero-order valence-electron chi connectivity index (χ0n) is 15.3. The Morgan fingerprint density at radius 3 is 2.57 bits per heavy atom. The molecule has 0 radical (unpaired) electrons. The molecule has 2 heterocycles. The second-order valence-corrected chi connectivity index (χ2v) is 8.06. The van der Waals surface area contributed by atoms with Gasteiger partial charge in [-0.1, -0.05) is 44.4 Å². The van der Waals surface area contributed by atoms with Gasteiger partial charge in [-0.05, 0) is 46.1 Å². The molecule has 0 spiro atoms. The van der Waals surface area contributed by atoms with Crippen LogP contribution in [0.1, 0.15) is 77.1 Å². The molecule has 3 nitrogen and oxygen atoms in total. The monoisotopic (exact) mass is 335 g/mol. The molecular weight excluding hydrogens is 302 g/mol. The van der Waals surface area contributed by atoms with Crippen molar-refractivity contribution in [3.8, 4) is 0 Å². The van der Waals surface area contributed by atoms with Gasteiger partial charge < -0.3 is 0 Å². The van der Waals surface area contributed by atoms with Crippen molar-refractivity contribution in [2.24, 2.45) is 0 Å². The van der Waals surface area contributed by atoms with E-state index in [1.807, 2.05) is 11.8 Å². The fourth-order valence-corrected chi connectivity index (χ4v) is 4.34. The molecule has 0 aromatic carbocycles. The summed E-state index contributed by atoms with van der Waals surface area (Å²) >= 11 is 1.82. The van der Waals surface area contributed by atoms with Crippen molar-refractivity contribution in [3.05, 3.63) is 17.5 Å². The minimum Gasteiger partial charge on any atom is -0.292 e. The van der Waals surface area contributed by atoms with Crippen molar-refractivity contribution >= 4 is 11.8 Å². The summed E-state index contributed by atoms with van der Waals surface area (Å²) in [7, 11) is 0. The molecule has 1 saturated heterocycles. The molecule has 1 aliphatic heterocycles.